The van der Waals surface area contributed by atoms with Gasteiger partial charge in [-0.25, -0.2) is 9.59 Å². The summed E-state index contributed by atoms with van der Waals surface area (Å²) in [6.07, 6.45) is -1.15. The highest BCUT2D eigenvalue weighted by Gasteiger charge is 2.28. The molecule has 0 aliphatic heterocycles. The van der Waals surface area contributed by atoms with Gasteiger partial charge in [-0.2, -0.15) is 0 Å². The van der Waals surface area contributed by atoms with Crippen LogP contribution >= 0.6 is 11.6 Å². The molecule has 0 aromatic heterocycles. The molecule has 0 fully saturated rings. The molecule has 1 atom stereocenters. The number of hydrogen-bond donors (Lipinski definition) is 3. The highest BCUT2D eigenvalue weighted by Crippen LogP contribution is 2.20. The molecule has 0 aliphatic carbocycles. The van der Waals surface area contributed by atoms with E-state index in [1.807, 2.05) is 5.32 Å². The lowest BCUT2D eigenvalue weighted by Gasteiger charge is -2.19. The minimum absolute atomic E-state index is 0.148. The number of amides is 3. The number of urea groups is 1. The van der Waals surface area contributed by atoms with Crippen molar-refractivity contribution in [2.24, 2.45) is 11.7 Å². The van der Waals surface area contributed by atoms with E-state index in [0.29, 0.717) is 5.02 Å². The summed E-state index contributed by atoms with van der Waals surface area (Å²) in [5, 5.41) is 2.18. The molecular formula is C13H16ClN3O4. The van der Waals surface area contributed by atoms with Crippen molar-refractivity contribution in [2.45, 2.75) is 20.0 Å². The molecule has 7 nitrogen and oxygen atoms in total. The van der Waals surface area contributed by atoms with Crippen molar-refractivity contribution in [1.29, 1.82) is 0 Å². The van der Waals surface area contributed by atoms with Gasteiger partial charge in [0.25, 0.3) is 5.91 Å². The van der Waals surface area contributed by atoms with E-state index in [4.69, 9.17) is 27.8 Å². The Morgan fingerprint density at radius 3 is 2.38 bits per heavy atom. The predicted molar refractivity (Wildman–Crippen MR) is 77.6 cm³/mol. The van der Waals surface area contributed by atoms with E-state index in [9.17, 15) is 14.4 Å². The fourth-order valence-electron chi connectivity index (χ4n) is 1.54. The standard InChI is InChI=1S/C13H16ClN3O4/c1-6(2)10(11(18)17-13(16)20)21-12(19)7-3-4-8(14)9(15)5-7/h3-6,10H,15H2,1-2H3,(H3,16,17,18,20). The number of carbonyl (C=O) groups excluding carboxylic acids is 3. The Morgan fingerprint density at radius 2 is 1.90 bits per heavy atom. The Labute approximate surface area is 126 Å². The van der Waals surface area contributed by atoms with Crippen molar-refractivity contribution in [3.63, 3.8) is 0 Å². The van der Waals surface area contributed by atoms with Gasteiger partial charge in [0.15, 0.2) is 6.10 Å². The first kappa shape index (κ1) is 16.8. The first-order valence-corrected chi connectivity index (χ1v) is 6.46. The van der Waals surface area contributed by atoms with E-state index in [2.05, 4.69) is 0 Å². The van der Waals surface area contributed by atoms with Gasteiger partial charge in [0.05, 0.1) is 16.3 Å². The van der Waals surface area contributed by atoms with Gasteiger partial charge in [-0.05, 0) is 24.1 Å². The maximum absolute atomic E-state index is 12.0. The molecule has 21 heavy (non-hydrogen) atoms. The molecule has 0 aliphatic rings. The number of nitrogens with one attached hydrogen (secondary N) is 1. The lowest BCUT2D eigenvalue weighted by atomic mass is 10.1. The van der Waals surface area contributed by atoms with Crippen LogP contribution in [0.1, 0.15) is 24.2 Å². The third-order valence-electron chi connectivity index (χ3n) is 2.58. The second-order valence-corrected chi connectivity index (χ2v) is 5.07. The monoisotopic (exact) mass is 313 g/mol. The molecule has 0 bridgehead atoms. The van der Waals surface area contributed by atoms with Crippen LogP contribution in [0.3, 0.4) is 0 Å². The van der Waals surface area contributed by atoms with Crippen LogP contribution in [0.2, 0.25) is 5.02 Å². The average molecular weight is 314 g/mol. The van der Waals surface area contributed by atoms with Crippen molar-refractivity contribution >= 4 is 35.2 Å². The third-order valence-corrected chi connectivity index (χ3v) is 2.92. The summed E-state index contributed by atoms with van der Waals surface area (Å²) in [6.45, 7) is 3.32. The zero-order chi connectivity index (χ0) is 16.2. The van der Waals surface area contributed by atoms with Crippen LogP contribution in [0.5, 0.6) is 0 Å². The molecule has 8 heteroatoms. The topological polar surface area (TPSA) is 125 Å². The van der Waals surface area contributed by atoms with E-state index >= 15 is 0 Å². The molecule has 5 N–H and O–H groups in total. The van der Waals surface area contributed by atoms with Crippen LogP contribution in [-0.4, -0.2) is 24.0 Å². The zero-order valence-electron chi connectivity index (χ0n) is 11.6. The van der Waals surface area contributed by atoms with E-state index in [1.54, 1.807) is 13.8 Å². The minimum atomic E-state index is -1.15. The summed E-state index contributed by atoms with van der Waals surface area (Å²) in [7, 11) is 0. The van der Waals surface area contributed by atoms with Crippen LogP contribution in [0.25, 0.3) is 0 Å². The summed E-state index contributed by atoms with van der Waals surface area (Å²) in [4.78, 5) is 34.4. The van der Waals surface area contributed by atoms with Gasteiger partial charge in [0.2, 0.25) is 0 Å². The number of rotatable bonds is 4. The average Bonchev–Trinajstić information content (AvgIpc) is 2.37. The smallest absolute Gasteiger partial charge is 0.338 e. The number of benzene rings is 1. The number of carbonyl (C=O) groups is 3. The van der Waals surface area contributed by atoms with Crippen molar-refractivity contribution in [3.8, 4) is 0 Å². The van der Waals surface area contributed by atoms with Gasteiger partial charge in [-0.15, -0.1) is 0 Å². The number of halogens is 1. The Hall–Kier alpha value is -2.28. The number of imide groups is 1. The number of esters is 1. The fourth-order valence-corrected chi connectivity index (χ4v) is 1.66. The molecule has 0 saturated carbocycles. The van der Waals surface area contributed by atoms with E-state index in [1.165, 1.54) is 18.2 Å². The van der Waals surface area contributed by atoms with Crippen LogP contribution in [0.15, 0.2) is 18.2 Å². The van der Waals surface area contributed by atoms with Crippen LogP contribution < -0.4 is 16.8 Å². The SMILES string of the molecule is CC(C)C(OC(=O)c1ccc(Cl)c(N)c1)C(=O)NC(N)=O. The first-order valence-electron chi connectivity index (χ1n) is 6.08. The molecule has 0 heterocycles. The largest absolute Gasteiger partial charge is 0.448 e. The Bertz CT molecular complexity index is 575. The second kappa shape index (κ2) is 6.94. The fraction of sp³-hybridized carbons (Fsp3) is 0.308. The van der Waals surface area contributed by atoms with Gasteiger partial charge < -0.3 is 16.2 Å². The first-order chi connectivity index (χ1) is 9.72. The number of nitrogens with two attached hydrogens (primary N) is 2. The minimum Gasteiger partial charge on any atom is -0.448 e. The molecule has 1 rings (SSSR count). The maximum Gasteiger partial charge on any atom is 0.338 e. The normalized spacial score (nSPS) is 11.8. The Kier molecular flexibility index (Phi) is 5.54. The number of ether oxygens (including phenoxy) is 1. The highest BCUT2D eigenvalue weighted by molar-refractivity contribution is 6.33. The number of primary amides is 1. The number of anilines is 1. The van der Waals surface area contributed by atoms with Gasteiger partial charge in [-0.3, -0.25) is 10.1 Å². The number of hydrogen-bond acceptors (Lipinski definition) is 5. The summed E-state index contributed by atoms with van der Waals surface area (Å²) >= 11 is 5.76. The van der Waals surface area contributed by atoms with Gasteiger partial charge in [-0.1, -0.05) is 25.4 Å². The number of nitrogen functional groups attached to an aromatic ring is 1. The van der Waals surface area contributed by atoms with Crippen LogP contribution in [0.4, 0.5) is 10.5 Å². The quantitative estimate of drug-likeness (QED) is 0.570. The Morgan fingerprint density at radius 1 is 1.29 bits per heavy atom. The third kappa shape index (κ3) is 4.64. The van der Waals surface area contributed by atoms with Crippen molar-refractivity contribution in [2.75, 3.05) is 5.73 Å². The summed E-state index contributed by atoms with van der Waals surface area (Å²) < 4.78 is 5.10. The summed E-state index contributed by atoms with van der Waals surface area (Å²) in [5.74, 6) is -1.89. The zero-order valence-corrected chi connectivity index (χ0v) is 12.3. The van der Waals surface area contributed by atoms with E-state index < -0.39 is 24.0 Å². The lowest BCUT2D eigenvalue weighted by molar-refractivity contribution is -0.130. The van der Waals surface area contributed by atoms with Crippen molar-refractivity contribution in [3.05, 3.63) is 28.8 Å². The molecule has 1 aromatic rings. The van der Waals surface area contributed by atoms with E-state index in [-0.39, 0.29) is 17.2 Å². The van der Waals surface area contributed by atoms with Crippen LogP contribution in [-0.2, 0) is 9.53 Å². The molecule has 0 saturated heterocycles. The van der Waals surface area contributed by atoms with Crippen molar-refractivity contribution < 1.29 is 19.1 Å². The van der Waals surface area contributed by atoms with E-state index in [0.717, 1.165) is 0 Å². The van der Waals surface area contributed by atoms with Gasteiger partial charge in [0, 0.05) is 0 Å². The molecule has 1 unspecified atom stereocenters. The van der Waals surface area contributed by atoms with Crippen molar-refractivity contribution in [1.82, 2.24) is 5.32 Å². The molecule has 3 amide bonds. The maximum atomic E-state index is 12.0. The molecule has 1 aromatic carbocycles. The molecule has 114 valence electrons. The Balaban J connectivity index is 2.88. The predicted octanol–water partition coefficient (Wildman–Crippen LogP) is 1.30. The molecular weight excluding hydrogens is 298 g/mol. The summed E-state index contributed by atoms with van der Waals surface area (Å²) in [5.41, 5.74) is 10.8. The summed E-state index contributed by atoms with van der Waals surface area (Å²) in [6, 6.07) is 3.19. The molecule has 0 spiro atoms. The highest BCUT2D eigenvalue weighted by atomic mass is 35.5. The lowest BCUT2D eigenvalue weighted by Crippen LogP contribution is -2.45. The van der Waals surface area contributed by atoms with Crippen LogP contribution in [0, 0.1) is 5.92 Å². The second-order valence-electron chi connectivity index (χ2n) is 4.66. The molecule has 0 radical (unpaired) electrons. The van der Waals surface area contributed by atoms with Gasteiger partial charge >= 0.3 is 12.0 Å². The van der Waals surface area contributed by atoms with Gasteiger partial charge in [0.1, 0.15) is 0 Å².